The molecule has 0 unspecified atom stereocenters. The summed E-state index contributed by atoms with van der Waals surface area (Å²) < 4.78 is 36.0. The van der Waals surface area contributed by atoms with Gasteiger partial charge in [-0.3, -0.25) is 0 Å². The Kier molecular flexibility index (Phi) is 5.74. The number of aromatic nitrogens is 2. The molecule has 0 aromatic carbocycles. The first kappa shape index (κ1) is 16.4. The van der Waals surface area contributed by atoms with Gasteiger partial charge in [0, 0.05) is 38.6 Å². The first-order chi connectivity index (χ1) is 10.1. The van der Waals surface area contributed by atoms with Crippen molar-refractivity contribution in [1.82, 2.24) is 18.6 Å². The van der Waals surface area contributed by atoms with Crippen LogP contribution in [0, 0.1) is 0 Å². The van der Waals surface area contributed by atoms with E-state index < -0.39 is 10.2 Å². The Labute approximate surface area is 126 Å². The third-order valence-corrected chi connectivity index (χ3v) is 5.28. The van der Waals surface area contributed by atoms with Crippen LogP contribution in [0.15, 0.2) is 12.4 Å². The van der Waals surface area contributed by atoms with Crippen molar-refractivity contribution in [2.75, 3.05) is 20.3 Å². The molecule has 7 nitrogen and oxygen atoms in total. The fraction of sp³-hybridized carbons (Fsp3) is 0.769. The summed E-state index contributed by atoms with van der Waals surface area (Å²) in [4.78, 5) is 4.21. The van der Waals surface area contributed by atoms with Crippen LogP contribution in [0.5, 0.6) is 0 Å². The van der Waals surface area contributed by atoms with Crippen LogP contribution >= 0.6 is 0 Å². The fourth-order valence-electron chi connectivity index (χ4n) is 2.67. The smallest absolute Gasteiger partial charge is 0.280 e. The van der Waals surface area contributed by atoms with Gasteiger partial charge in [0.25, 0.3) is 10.2 Å². The van der Waals surface area contributed by atoms with E-state index in [4.69, 9.17) is 4.74 Å². The summed E-state index contributed by atoms with van der Waals surface area (Å²) in [6.07, 6.45) is 6.27. The molecule has 0 bridgehead atoms. The molecule has 21 heavy (non-hydrogen) atoms. The molecule has 0 radical (unpaired) electrons. The second-order valence-corrected chi connectivity index (χ2v) is 6.93. The van der Waals surface area contributed by atoms with E-state index in [1.165, 1.54) is 4.31 Å². The lowest BCUT2D eigenvalue weighted by atomic mass is 10.2. The summed E-state index contributed by atoms with van der Waals surface area (Å²) in [5.41, 5.74) is 0. The number of hydrogen-bond acceptors (Lipinski definition) is 4. The lowest BCUT2D eigenvalue weighted by Gasteiger charge is -2.23. The summed E-state index contributed by atoms with van der Waals surface area (Å²) in [7, 11) is -1.89. The molecule has 1 fully saturated rings. The molecule has 1 aromatic heterocycles. The van der Waals surface area contributed by atoms with Gasteiger partial charge in [0.1, 0.15) is 5.82 Å². The molecule has 1 N–H and O–H groups in total. The molecule has 1 saturated heterocycles. The zero-order valence-electron chi connectivity index (χ0n) is 12.7. The Hall–Kier alpha value is -0.960. The van der Waals surface area contributed by atoms with Crippen LogP contribution in [0.3, 0.4) is 0 Å². The minimum atomic E-state index is -3.49. The molecular formula is C13H24N4O3S. The summed E-state index contributed by atoms with van der Waals surface area (Å²) in [5.74, 6) is 0.739. The molecular weight excluding hydrogens is 292 g/mol. The molecule has 1 aromatic rings. The van der Waals surface area contributed by atoms with Crippen LogP contribution in [0.1, 0.15) is 32.0 Å². The maximum atomic E-state index is 12.4. The predicted octanol–water partition coefficient (Wildman–Crippen LogP) is 0.738. The summed E-state index contributed by atoms with van der Waals surface area (Å²) in [6, 6.07) is -0.0668. The Morgan fingerprint density at radius 3 is 3.05 bits per heavy atom. The second kappa shape index (κ2) is 7.35. The zero-order valence-corrected chi connectivity index (χ0v) is 13.5. The first-order valence-electron chi connectivity index (χ1n) is 7.34. The quantitative estimate of drug-likeness (QED) is 0.767. The standard InChI is InChI=1S/C13H24N4O3S/c1-3-7-16-9-6-14-13(16)10-15-21(18,19)17-8-4-5-12(17)11-20-2/h6,9,12,15H,3-5,7-8,10-11H2,1-2H3/t12-/m1/s1. The SMILES string of the molecule is CCCn1ccnc1CNS(=O)(=O)N1CCC[C@@H]1COC. The minimum Gasteiger partial charge on any atom is -0.383 e. The minimum absolute atomic E-state index is 0.0668. The zero-order chi connectivity index (χ0) is 15.3. The Bertz CT molecular complexity index is 543. The van der Waals surface area contributed by atoms with E-state index in [9.17, 15) is 8.42 Å². The molecule has 2 heterocycles. The van der Waals surface area contributed by atoms with Crippen LogP contribution < -0.4 is 4.72 Å². The number of hydrogen-bond donors (Lipinski definition) is 1. The molecule has 2 rings (SSSR count). The third kappa shape index (κ3) is 4.03. The number of rotatable bonds is 8. The van der Waals surface area contributed by atoms with Crippen LogP contribution in [0.2, 0.25) is 0 Å². The Balaban J connectivity index is 1.99. The highest BCUT2D eigenvalue weighted by molar-refractivity contribution is 7.87. The molecule has 120 valence electrons. The lowest BCUT2D eigenvalue weighted by molar-refractivity contribution is 0.148. The van der Waals surface area contributed by atoms with Gasteiger partial charge in [-0.25, -0.2) is 4.98 Å². The maximum Gasteiger partial charge on any atom is 0.280 e. The van der Waals surface area contributed by atoms with Gasteiger partial charge in [0.15, 0.2) is 0 Å². The highest BCUT2D eigenvalue weighted by Gasteiger charge is 2.33. The van der Waals surface area contributed by atoms with Gasteiger partial charge in [-0.2, -0.15) is 17.4 Å². The fourth-order valence-corrected chi connectivity index (χ4v) is 4.08. The van der Waals surface area contributed by atoms with Crippen molar-refractivity contribution < 1.29 is 13.2 Å². The number of ether oxygens (including phenoxy) is 1. The molecule has 1 aliphatic rings. The highest BCUT2D eigenvalue weighted by Crippen LogP contribution is 2.20. The average Bonchev–Trinajstić information content (AvgIpc) is 3.07. The largest absolute Gasteiger partial charge is 0.383 e. The normalized spacial score (nSPS) is 20.2. The first-order valence-corrected chi connectivity index (χ1v) is 8.78. The van der Waals surface area contributed by atoms with E-state index in [1.54, 1.807) is 13.3 Å². The monoisotopic (exact) mass is 316 g/mol. The average molecular weight is 316 g/mol. The van der Waals surface area contributed by atoms with Crippen molar-refractivity contribution in [2.24, 2.45) is 0 Å². The number of imidazole rings is 1. The van der Waals surface area contributed by atoms with E-state index in [0.717, 1.165) is 31.6 Å². The summed E-state index contributed by atoms with van der Waals surface area (Å²) in [5, 5.41) is 0. The van der Waals surface area contributed by atoms with Gasteiger partial charge < -0.3 is 9.30 Å². The van der Waals surface area contributed by atoms with Gasteiger partial charge in [-0.05, 0) is 19.3 Å². The molecule has 0 saturated carbocycles. The molecule has 8 heteroatoms. The van der Waals surface area contributed by atoms with Gasteiger partial charge in [-0.1, -0.05) is 6.92 Å². The highest BCUT2D eigenvalue weighted by atomic mass is 32.2. The molecule has 0 amide bonds. The van der Waals surface area contributed by atoms with Crippen LogP contribution in [0.4, 0.5) is 0 Å². The van der Waals surface area contributed by atoms with Crippen molar-refractivity contribution in [2.45, 2.75) is 45.3 Å². The number of nitrogens with zero attached hydrogens (tertiary/aromatic N) is 3. The van der Waals surface area contributed by atoms with E-state index in [-0.39, 0.29) is 12.6 Å². The van der Waals surface area contributed by atoms with E-state index >= 15 is 0 Å². The predicted molar refractivity (Wildman–Crippen MR) is 79.9 cm³/mol. The van der Waals surface area contributed by atoms with Crippen molar-refractivity contribution in [3.05, 3.63) is 18.2 Å². The van der Waals surface area contributed by atoms with Crippen molar-refractivity contribution in [3.8, 4) is 0 Å². The van der Waals surface area contributed by atoms with Gasteiger partial charge in [0.05, 0.1) is 13.2 Å². The number of methoxy groups -OCH3 is 1. The van der Waals surface area contributed by atoms with Gasteiger partial charge in [-0.15, -0.1) is 0 Å². The van der Waals surface area contributed by atoms with Gasteiger partial charge in [0.2, 0.25) is 0 Å². The topological polar surface area (TPSA) is 76.5 Å². The van der Waals surface area contributed by atoms with Crippen molar-refractivity contribution in [3.63, 3.8) is 0 Å². The van der Waals surface area contributed by atoms with E-state index in [1.807, 2.05) is 10.8 Å². The molecule has 0 aliphatic carbocycles. The Morgan fingerprint density at radius 1 is 1.52 bits per heavy atom. The van der Waals surface area contributed by atoms with Crippen molar-refractivity contribution in [1.29, 1.82) is 0 Å². The Morgan fingerprint density at radius 2 is 2.33 bits per heavy atom. The van der Waals surface area contributed by atoms with Crippen molar-refractivity contribution >= 4 is 10.2 Å². The van der Waals surface area contributed by atoms with Crippen LogP contribution in [-0.2, 0) is 28.0 Å². The number of nitrogens with one attached hydrogen (secondary N) is 1. The third-order valence-electron chi connectivity index (χ3n) is 3.67. The molecule has 1 aliphatic heterocycles. The van der Waals surface area contributed by atoms with Crippen LogP contribution in [-0.4, -0.2) is 48.6 Å². The second-order valence-electron chi connectivity index (χ2n) is 5.23. The summed E-state index contributed by atoms with van der Waals surface area (Å²) >= 11 is 0. The maximum absolute atomic E-state index is 12.4. The van der Waals surface area contributed by atoms with Crippen LogP contribution in [0.25, 0.3) is 0 Å². The number of aryl methyl sites for hydroxylation is 1. The van der Waals surface area contributed by atoms with Gasteiger partial charge >= 0.3 is 0 Å². The molecule has 0 spiro atoms. The summed E-state index contributed by atoms with van der Waals surface area (Å²) in [6.45, 7) is 4.12. The lowest BCUT2D eigenvalue weighted by Crippen LogP contribution is -2.44. The van der Waals surface area contributed by atoms with E-state index in [2.05, 4.69) is 16.6 Å². The molecule has 1 atom stereocenters. The van der Waals surface area contributed by atoms with E-state index in [0.29, 0.717) is 13.2 Å².